The van der Waals surface area contributed by atoms with Crippen LogP contribution in [-0.2, 0) is 10.9 Å². The van der Waals surface area contributed by atoms with Crippen molar-refractivity contribution in [2.45, 2.75) is 31.2 Å². The third-order valence-corrected chi connectivity index (χ3v) is 3.01. The van der Waals surface area contributed by atoms with Gasteiger partial charge in [-0.05, 0) is 18.9 Å². The molecule has 2 heterocycles. The molecule has 2 atom stereocenters. The van der Waals surface area contributed by atoms with E-state index in [1.807, 2.05) is 0 Å². The minimum atomic E-state index is -4.42. The highest BCUT2D eigenvalue weighted by Gasteiger charge is 2.37. The van der Waals surface area contributed by atoms with Gasteiger partial charge >= 0.3 is 6.18 Å². The van der Waals surface area contributed by atoms with Crippen LogP contribution in [-0.4, -0.2) is 17.7 Å². The summed E-state index contributed by atoms with van der Waals surface area (Å²) in [5.74, 6) is 5.37. The molecule has 1 aliphatic rings. The molecule has 2 rings (SSSR count). The van der Waals surface area contributed by atoms with E-state index in [4.69, 9.17) is 10.6 Å². The summed E-state index contributed by atoms with van der Waals surface area (Å²) >= 11 is 0. The van der Waals surface area contributed by atoms with Crippen LogP contribution < -0.4 is 11.3 Å². The van der Waals surface area contributed by atoms with Crippen LogP contribution in [0.4, 0.5) is 13.2 Å². The fraction of sp³-hybridized carbons (Fsp3) is 0.545. The van der Waals surface area contributed by atoms with Gasteiger partial charge in [-0.1, -0.05) is 0 Å². The minimum Gasteiger partial charge on any atom is -0.376 e. The molecule has 0 aromatic carbocycles. The zero-order chi connectivity index (χ0) is 13.2. The minimum absolute atomic E-state index is 0.0272. The van der Waals surface area contributed by atoms with Crippen LogP contribution in [0.1, 0.15) is 30.0 Å². The Morgan fingerprint density at radius 3 is 2.83 bits per heavy atom. The van der Waals surface area contributed by atoms with Crippen molar-refractivity contribution in [1.82, 2.24) is 10.4 Å². The first-order valence-corrected chi connectivity index (χ1v) is 5.63. The monoisotopic (exact) mass is 261 g/mol. The van der Waals surface area contributed by atoms with Gasteiger partial charge in [0.2, 0.25) is 0 Å². The average Bonchev–Trinajstić information content (AvgIpc) is 2.83. The maximum atomic E-state index is 12.9. The van der Waals surface area contributed by atoms with Crippen molar-refractivity contribution in [2.24, 2.45) is 5.84 Å². The number of halogens is 3. The number of aromatic nitrogens is 1. The van der Waals surface area contributed by atoms with E-state index in [0.29, 0.717) is 13.0 Å². The molecule has 0 spiro atoms. The van der Waals surface area contributed by atoms with Gasteiger partial charge in [0.25, 0.3) is 0 Å². The van der Waals surface area contributed by atoms with Crippen molar-refractivity contribution in [3.63, 3.8) is 0 Å². The van der Waals surface area contributed by atoms with Gasteiger partial charge in [0.1, 0.15) is 0 Å². The number of hydrazine groups is 1. The molecule has 0 amide bonds. The van der Waals surface area contributed by atoms with Crippen LogP contribution in [0.2, 0.25) is 0 Å². The lowest BCUT2D eigenvalue weighted by Crippen LogP contribution is -2.37. The zero-order valence-corrected chi connectivity index (χ0v) is 9.57. The van der Waals surface area contributed by atoms with Crippen LogP contribution in [0, 0.1) is 0 Å². The molecule has 100 valence electrons. The number of nitrogens with two attached hydrogens (primary N) is 1. The normalized spacial score (nSPS) is 22.1. The molecule has 1 aliphatic heterocycles. The summed E-state index contributed by atoms with van der Waals surface area (Å²) in [5.41, 5.74) is 1.71. The van der Waals surface area contributed by atoms with Gasteiger partial charge < -0.3 is 4.74 Å². The van der Waals surface area contributed by atoms with Gasteiger partial charge in [0.05, 0.1) is 17.7 Å². The summed E-state index contributed by atoms with van der Waals surface area (Å²) in [6.45, 7) is 0.546. The average molecular weight is 261 g/mol. The molecule has 2 unspecified atom stereocenters. The van der Waals surface area contributed by atoms with Crippen LogP contribution in [0.15, 0.2) is 18.5 Å². The summed E-state index contributed by atoms with van der Waals surface area (Å²) in [6.07, 6.45) is -0.956. The molecule has 1 saturated heterocycles. The van der Waals surface area contributed by atoms with Gasteiger partial charge in [-0.3, -0.25) is 16.3 Å². The molecule has 0 aliphatic carbocycles. The Labute approximate surface area is 102 Å². The first kappa shape index (κ1) is 13.3. The number of hydrogen-bond acceptors (Lipinski definition) is 4. The van der Waals surface area contributed by atoms with E-state index < -0.39 is 17.8 Å². The Balaban J connectivity index is 2.35. The lowest BCUT2D eigenvalue weighted by molar-refractivity contribution is -0.138. The highest BCUT2D eigenvalue weighted by molar-refractivity contribution is 5.30. The summed E-state index contributed by atoms with van der Waals surface area (Å²) in [4.78, 5) is 3.75. The Kier molecular flexibility index (Phi) is 3.84. The molecule has 18 heavy (non-hydrogen) atoms. The van der Waals surface area contributed by atoms with Crippen LogP contribution in [0.5, 0.6) is 0 Å². The van der Waals surface area contributed by atoms with E-state index in [1.54, 1.807) is 0 Å². The summed E-state index contributed by atoms with van der Waals surface area (Å²) in [6, 6.07) is 0.257. The number of hydrogen-bond donors (Lipinski definition) is 2. The number of nitrogens with one attached hydrogen (secondary N) is 1. The second-order valence-electron chi connectivity index (χ2n) is 4.16. The first-order chi connectivity index (χ1) is 8.54. The van der Waals surface area contributed by atoms with Gasteiger partial charge in [0, 0.05) is 24.6 Å². The third kappa shape index (κ3) is 2.63. The fourth-order valence-electron chi connectivity index (χ4n) is 2.18. The Hall–Kier alpha value is -1.18. The molecule has 4 nitrogen and oxygen atoms in total. The second kappa shape index (κ2) is 5.21. The molecule has 0 saturated carbocycles. The lowest BCUT2D eigenvalue weighted by atomic mass is 9.97. The van der Waals surface area contributed by atoms with E-state index in [-0.39, 0.29) is 11.7 Å². The molecule has 1 fully saturated rings. The predicted octanol–water partition coefficient (Wildman–Crippen LogP) is 1.78. The number of ether oxygens (including phenoxy) is 1. The smallest absolute Gasteiger partial charge is 0.376 e. The highest BCUT2D eigenvalue weighted by Crippen LogP contribution is 2.36. The molecule has 3 N–H and O–H groups in total. The highest BCUT2D eigenvalue weighted by atomic mass is 19.4. The van der Waals surface area contributed by atoms with Crippen LogP contribution >= 0.6 is 0 Å². The molecular formula is C11H14F3N3O. The van der Waals surface area contributed by atoms with Crippen LogP contribution in [0.25, 0.3) is 0 Å². The van der Waals surface area contributed by atoms with Crippen molar-refractivity contribution in [3.8, 4) is 0 Å². The standard InChI is InChI=1S/C11H14F3N3O/c12-11(13,14)8-3-4-16-6-7(8)10(17-15)9-2-1-5-18-9/h3-4,6,9-10,17H,1-2,5,15H2. The lowest BCUT2D eigenvalue weighted by Gasteiger charge is -2.25. The van der Waals surface area contributed by atoms with Gasteiger partial charge in [-0.2, -0.15) is 13.2 Å². The maximum Gasteiger partial charge on any atom is 0.416 e. The summed E-state index contributed by atoms with van der Waals surface area (Å²) < 4.78 is 44.1. The number of rotatable bonds is 3. The molecule has 7 heteroatoms. The quantitative estimate of drug-likeness (QED) is 0.643. The van der Waals surface area contributed by atoms with Crippen molar-refractivity contribution in [1.29, 1.82) is 0 Å². The predicted molar refractivity (Wildman–Crippen MR) is 58.3 cm³/mol. The van der Waals surface area contributed by atoms with E-state index >= 15 is 0 Å². The maximum absolute atomic E-state index is 12.9. The summed E-state index contributed by atoms with van der Waals surface area (Å²) in [5, 5.41) is 0. The molecule has 1 aromatic heterocycles. The van der Waals surface area contributed by atoms with E-state index in [0.717, 1.165) is 18.7 Å². The molecular weight excluding hydrogens is 247 g/mol. The number of alkyl halides is 3. The molecule has 0 radical (unpaired) electrons. The van der Waals surface area contributed by atoms with Gasteiger partial charge in [-0.25, -0.2) is 0 Å². The fourth-order valence-corrected chi connectivity index (χ4v) is 2.18. The van der Waals surface area contributed by atoms with Crippen molar-refractivity contribution < 1.29 is 17.9 Å². The summed E-state index contributed by atoms with van der Waals surface area (Å²) in [7, 11) is 0. The Bertz CT molecular complexity index is 405. The van der Waals surface area contributed by atoms with E-state index in [2.05, 4.69) is 10.4 Å². The number of nitrogens with zero attached hydrogens (tertiary/aromatic N) is 1. The van der Waals surface area contributed by atoms with E-state index in [9.17, 15) is 13.2 Å². The van der Waals surface area contributed by atoms with Crippen molar-refractivity contribution in [2.75, 3.05) is 6.61 Å². The van der Waals surface area contributed by atoms with Crippen LogP contribution in [0.3, 0.4) is 0 Å². The third-order valence-electron chi connectivity index (χ3n) is 3.01. The second-order valence-corrected chi connectivity index (χ2v) is 4.16. The van der Waals surface area contributed by atoms with Crippen molar-refractivity contribution in [3.05, 3.63) is 29.6 Å². The molecule has 0 bridgehead atoms. The zero-order valence-electron chi connectivity index (χ0n) is 9.57. The Morgan fingerprint density at radius 2 is 2.28 bits per heavy atom. The van der Waals surface area contributed by atoms with Gasteiger partial charge in [-0.15, -0.1) is 0 Å². The molecule has 1 aromatic rings. The first-order valence-electron chi connectivity index (χ1n) is 5.63. The van der Waals surface area contributed by atoms with Gasteiger partial charge in [0.15, 0.2) is 0 Å². The SMILES string of the molecule is NNC(c1cnccc1C(F)(F)F)C1CCCO1. The van der Waals surface area contributed by atoms with E-state index in [1.165, 1.54) is 6.20 Å². The Morgan fingerprint density at radius 1 is 1.50 bits per heavy atom. The largest absolute Gasteiger partial charge is 0.416 e. The topological polar surface area (TPSA) is 60.2 Å². The van der Waals surface area contributed by atoms with Crippen molar-refractivity contribution >= 4 is 0 Å². The number of pyridine rings is 1.